The Morgan fingerprint density at radius 2 is 1.12 bits per heavy atom. The average Bonchev–Trinajstić information content (AvgIpc) is 2.90. The standard InChI is InChI=1S/C15H12N2/c1-16-17-14-10-6-2-3-7-11(10)15(17)13-9-5-4-8-12(13)14/h2-9,14-15H,1H2. The summed E-state index contributed by atoms with van der Waals surface area (Å²) in [6.45, 7) is 3.73. The molecule has 0 unspecified atom stereocenters. The predicted octanol–water partition coefficient (Wildman–Crippen LogP) is 3.11. The molecule has 17 heavy (non-hydrogen) atoms. The third-order valence-corrected chi connectivity index (χ3v) is 3.86. The SMILES string of the molecule is C=NN1C2c3ccccc3C1c1ccccc12. The molecule has 2 bridgehead atoms. The van der Waals surface area contributed by atoms with E-state index in [1.165, 1.54) is 22.3 Å². The van der Waals surface area contributed by atoms with E-state index in [0.29, 0.717) is 0 Å². The summed E-state index contributed by atoms with van der Waals surface area (Å²) < 4.78 is 0. The highest BCUT2D eigenvalue weighted by Gasteiger charge is 2.46. The van der Waals surface area contributed by atoms with E-state index in [1.54, 1.807) is 0 Å². The van der Waals surface area contributed by atoms with Crippen molar-refractivity contribution in [2.75, 3.05) is 0 Å². The van der Waals surface area contributed by atoms with Gasteiger partial charge in [-0.2, -0.15) is 5.10 Å². The van der Waals surface area contributed by atoms with Crippen molar-refractivity contribution in [3.8, 4) is 0 Å². The first-order chi connectivity index (χ1) is 8.42. The molecule has 0 amide bonds. The van der Waals surface area contributed by atoms with Crippen molar-refractivity contribution in [1.29, 1.82) is 0 Å². The summed E-state index contributed by atoms with van der Waals surface area (Å²) in [5, 5.41) is 6.35. The molecule has 0 spiro atoms. The average molecular weight is 220 g/mol. The molecule has 82 valence electrons. The van der Waals surface area contributed by atoms with Gasteiger partial charge in [0.15, 0.2) is 0 Å². The Labute approximate surface area is 100 Å². The Kier molecular flexibility index (Phi) is 1.57. The molecule has 2 aliphatic heterocycles. The number of hydrazone groups is 1. The summed E-state index contributed by atoms with van der Waals surface area (Å²) in [4.78, 5) is 0. The fraction of sp³-hybridized carbons (Fsp3) is 0.133. The molecule has 0 atom stereocenters. The maximum absolute atomic E-state index is 4.22. The fourth-order valence-electron chi connectivity index (χ4n) is 3.24. The summed E-state index contributed by atoms with van der Waals surface area (Å²) >= 11 is 0. The molecule has 0 saturated carbocycles. The van der Waals surface area contributed by atoms with Gasteiger partial charge in [0.2, 0.25) is 0 Å². The van der Waals surface area contributed by atoms with Crippen molar-refractivity contribution in [3.05, 3.63) is 70.8 Å². The van der Waals surface area contributed by atoms with Crippen molar-refractivity contribution in [1.82, 2.24) is 5.01 Å². The van der Waals surface area contributed by atoms with Crippen LogP contribution in [0.3, 0.4) is 0 Å². The van der Waals surface area contributed by atoms with Gasteiger partial charge in [0.05, 0.1) is 12.1 Å². The molecule has 0 radical (unpaired) electrons. The van der Waals surface area contributed by atoms with Crippen LogP contribution in [-0.2, 0) is 0 Å². The summed E-state index contributed by atoms with van der Waals surface area (Å²) in [6, 6.07) is 17.7. The van der Waals surface area contributed by atoms with E-state index in [0.717, 1.165) is 0 Å². The Balaban J connectivity index is 2.04. The lowest BCUT2D eigenvalue weighted by atomic mass is 9.86. The Hall–Kier alpha value is -2.09. The van der Waals surface area contributed by atoms with Crippen LogP contribution in [0.2, 0.25) is 0 Å². The summed E-state index contributed by atoms with van der Waals surface area (Å²) in [7, 11) is 0. The summed E-state index contributed by atoms with van der Waals surface area (Å²) in [5.41, 5.74) is 5.51. The topological polar surface area (TPSA) is 15.6 Å². The van der Waals surface area contributed by atoms with Gasteiger partial charge in [-0.1, -0.05) is 48.5 Å². The van der Waals surface area contributed by atoms with Crippen LogP contribution in [0.25, 0.3) is 0 Å². The third kappa shape index (κ3) is 0.936. The van der Waals surface area contributed by atoms with Crippen LogP contribution in [-0.4, -0.2) is 11.7 Å². The number of fused-ring (bicyclic) bond motifs is 8. The van der Waals surface area contributed by atoms with Gasteiger partial charge in [-0.15, -0.1) is 0 Å². The van der Waals surface area contributed by atoms with Crippen molar-refractivity contribution >= 4 is 6.72 Å². The Morgan fingerprint density at radius 1 is 0.765 bits per heavy atom. The van der Waals surface area contributed by atoms with Gasteiger partial charge in [-0.3, -0.25) is 5.01 Å². The first-order valence-corrected chi connectivity index (χ1v) is 5.84. The summed E-state index contributed by atoms with van der Waals surface area (Å²) in [6.07, 6.45) is 0. The lowest BCUT2D eigenvalue weighted by Crippen LogP contribution is -2.12. The normalized spacial score (nSPS) is 23.4. The van der Waals surface area contributed by atoms with Crippen molar-refractivity contribution in [2.45, 2.75) is 12.1 Å². The van der Waals surface area contributed by atoms with Crippen LogP contribution in [0.4, 0.5) is 0 Å². The zero-order valence-corrected chi connectivity index (χ0v) is 9.38. The third-order valence-electron chi connectivity index (χ3n) is 3.86. The number of benzene rings is 2. The lowest BCUT2D eigenvalue weighted by molar-refractivity contribution is 0.253. The van der Waals surface area contributed by atoms with Crippen LogP contribution < -0.4 is 0 Å². The van der Waals surface area contributed by atoms with E-state index in [2.05, 4.69) is 65.4 Å². The van der Waals surface area contributed by atoms with Crippen LogP contribution in [0.1, 0.15) is 34.3 Å². The second-order valence-electron chi connectivity index (χ2n) is 4.58. The van der Waals surface area contributed by atoms with E-state index >= 15 is 0 Å². The van der Waals surface area contributed by atoms with Gasteiger partial charge < -0.3 is 0 Å². The highest BCUT2D eigenvalue weighted by atomic mass is 15.5. The first-order valence-electron chi connectivity index (χ1n) is 5.84. The van der Waals surface area contributed by atoms with Gasteiger partial charge in [0.25, 0.3) is 0 Å². The zero-order valence-electron chi connectivity index (χ0n) is 9.38. The van der Waals surface area contributed by atoms with Gasteiger partial charge >= 0.3 is 0 Å². The molecule has 0 aliphatic carbocycles. The monoisotopic (exact) mass is 220 g/mol. The molecular formula is C15H12N2. The van der Waals surface area contributed by atoms with Crippen LogP contribution in [0.15, 0.2) is 53.6 Å². The van der Waals surface area contributed by atoms with E-state index < -0.39 is 0 Å². The number of hydrogen-bond acceptors (Lipinski definition) is 2. The highest BCUT2D eigenvalue weighted by molar-refractivity contribution is 5.57. The zero-order chi connectivity index (χ0) is 11.4. The minimum absolute atomic E-state index is 0.268. The van der Waals surface area contributed by atoms with E-state index in [1.807, 2.05) is 0 Å². The maximum atomic E-state index is 4.22. The maximum Gasteiger partial charge on any atom is 0.0988 e. The van der Waals surface area contributed by atoms with E-state index in [9.17, 15) is 0 Å². The van der Waals surface area contributed by atoms with E-state index in [-0.39, 0.29) is 12.1 Å². The largest absolute Gasteiger partial charge is 0.274 e. The molecule has 2 nitrogen and oxygen atoms in total. The highest BCUT2D eigenvalue weighted by Crippen LogP contribution is 2.55. The number of hydrogen-bond donors (Lipinski definition) is 0. The smallest absolute Gasteiger partial charge is 0.0988 e. The van der Waals surface area contributed by atoms with Crippen molar-refractivity contribution in [2.24, 2.45) is 5.10 Å². The Morgan fingerprint density at radius 3 is 1.41 bits per heavy atom. The summed E-state index contributed by atoms with van der Waals surface area (Å²) in [5.74, 6) is 0. The second-order valence-corrected chi connectivity index (χ2v) is 4.58. The number of nitrogens with zero attached hydrogens (tertiary/aromatic N) is 2. The quantitative estimate of drug-likeness (QED) is 0.674. The minimum atomic E-state index is 0.268. The van der Waals surface area contributed by atoms with Gasteiger partial charge in [0.1, 0.15) is 0 Å². The van der Waals surface area contributed by atoms with Gasteiger partial charge in [0, 0.05) is 6.72 Å². The molecule has 0 fully saturated rings. The van der Waals surface area contributed by atoms with Crippen molar-refractivity contribution in [3.63, 3.8) is 0 Å². The van der Waals surface area contributed by atoms with Crippen LogP contribution in [0.5, 0.6) is 0 Å². The van der Waals surface area contributed by atoms with E-state index in [4.69, 9.17) is 0 Å². The predicted molar refractivity (Wildman–Crippen MR) is 68.0 cm³/mol. The molecule has 0 saturated heterocycles. The fourth-order valence-corrected chi connectivity index (χ4v) is 3.24. The first kappa shape index (κ1) is 8.99. The number of rotatable bonds is 1. The molecule has 2 aromatic rings. The van der Waals surface area contributed by atoms with Crippen molar-refractivity contribution < 1.29 is 0 Å². The molecule has 2 heterocycles. The molecule has 4 rings (SSSR count). The van der Waals surface area contributed by atoms with Crippen LogP contribution in [0, 0.1) is 0 Å². The molecule has 0 aromatic heterocycles. The van der Waals surface area contributed by atoms with Crippen LogP contribution >= 0.6 is 0 Å². The molecule has 0 N–H and O–H groups in total. The molecule has 2 heteroatoms. The van der Waals surface area contributed by atoms with Gasteiger partial charge in [-0.05, 0) is 22.3 Å². The Bertz CT molecular complexity index is 520. The minimum Gasteiger partial charge on any atom is -0.274 e. The second kappa shape index (κ2) is 2.98. The molecule has 2 aromatic carbocycles. The molecular weight excluding hydrogens is 208 g/mol. The van der Waals surface area contributed by atoms with Gasteiger partial charge in [-0.25, -0.2) is 0 Å². The molecule has 2 aliphatic rings. The lowest BCUT2D eigenvalue weighted by Gasteiger charge is -2.17.